The summed E-state index contributed by atoms with van der Waals surface area (Å²) in [4.78, 5) is 2.38. The quantitative estimate of drug-likeness (QED) is 0.892. The van der Waals surface area contributed by atoms with Crippen LogP contribution >= 0.6 is 11.6 Å². The van der Waals surface area contributed by atoms with Crippen LogP contribution < -0.4 is 5.32 Å². The maximum atomic E-state index is 13.6. The number of rotatable bonds is 3. The average molecular weight is 257 g/mol. The zero-order chi connectivity index (χ0) is 12.3. The lowest BCUT2D eigenvalue weighted by Crippen LogP contribution is -2.44. The van der Waals surface area contributed by atoms with Crippen molar-refractivity contribution in [1.82, 2.24) is 10.2 Å². The molecule has 0 atom stereocenters. The van der Waals surface area contributed by atoms with Crippen molar-refractivity contribution in [3.63, 3.8) is 0 Å². The summed E-state index contributed by atoms with van der Waals surface area (Å²) >= 11 is 6.01. The fraction of sp³-hybridized carbons (Fsp3) is 0.538. The zero-order valence-corrected chi connectivity index (χ0v) is 10.9. The van der Waals surface area contributed by atoms with E-state index in [4.69, 9.17) is 11.6 Å². The van der Waals surface area contributed by atoms with Gasteiger partial charge in [-0.25, -0.2) is 4.39 Å². The van der Waals surface area contributed by atoms with Gasteiger partial charge in [-0.05, 0) is 24.5 Å². The van der Waals surface area contributed by atoms with Crippen LogP contribution in [0.2, 0.25) is 5.02 Å². The standard InChI is InChI=1S/C13H18ClFN2/c1-10-2-3-11(12(14)13(10)15)4-7-17-8-5-16-6-9-17/h2-3,16H,4-9H2,1H3. The molecule has 2 nitrogen and oxygen atoms in total. The van der Waals surface area contributed by atoms with Crippen LogP contribution in [0.3, 0.4) is 0 Å². The Morgan fingerprint density at radius 2 is 2.06 bits per heavy atom. The number of hydrogen-bond donors (Lipinski definition) is 1. The first-order valence-electron chi connectivity index (χ1n) is 6.05. The molecule has 0 unspecified atom stereocenters. The molecule has 0 spiro atoms. The number of halogens is 2. The molecule has 2 rings (SSSR count). The molecule has 0 bridgehead atoms. The van der Waals surface area contributed by atoms with Crippen molar-refractivity contribution >= 4 is 11.6 Å². The number of nitrogens with one attached hydrogen (secondary N) is 1. The molecule has 1 aliphatic rings. The second-order valence-corrected chi connectivity index (χ2v) is 4.89. The van der Waals surface area contributed by atoms with Gasteiger partial charge in [-0.1, -0.05) is 23.7 Å². The summed E-state index contributed by atoms with van der Waals surface area (Å²) in [6.45, 7) is 6.88. The van der Waals surface area contributed by atoms with E-state index in [9.17, 15) is 4.39 Å². The molecule has 1 fully saturated rings. The van der Waals surface area contributed by atoms with Gasteiger partial charge in [-0.2, -0.15) is 0 Å². The maximum Gasteiger partial charge on any atom is 0.144 e. The smallest absolute Gasteiger partial charge is 0.144 e. The Morgan fingerprint density at radius 1 is 1.35 bits per heavy atom. The van der Waals surface area contributed by atoms with Gasteiger partial charge >= 0.3 is 0 Å². The Balaban J connectivity index is 1.96. The molecule has 1 saturated heterocycles. The number of piperazine rings is 1. The molecule has 0 aliphatic carbocycles. The van der Waals surface area contributed by atoms with E-state index in [0.29, 0.717) is 10.6 Å². The van der Waals surface area contributed by atoms with Crippen LogP contribution in [0, 0.1) is 12.7 Å². The maximum absolute atomic E-state index is 13.6. The van der Waals surface area contributed by atoms with Crippen LogP contribution in [0.4, 0.5) is 4.39 Å². The topological polar surface area (TPSA) is 15.3 Å². The van der Waals surface area contributed by atoms with Gasteiger partial charge in [0, 0.05) is 32.7 Å². The van der Waals surface area contributed by atoms with Crippen molar-refractivity contribution in [2.24, 2.45) is 0 Å². The van der Waals surface area contributed by atoms with Crippen LogP contribution in [-0.2, 0) is 6.42 Å². The number of benzene rings is 1. The van der Waals surface area contributed by atoms with Crippen LogP contribution in [0.1, 0.15) is 11.1 Å². The van der Waals surface area contributed by atoms with Gasteiger partial charge in [-0.15, -0.1) is 0 Å². The normalized spacial score (nSPS) is 17.4. The highest BCUT2D eigenvalue weighted by Gasteiger charge is 2.12. The molecule has 4 heteroatoms. The summed E-state index contributed by atoms with van der Waals surface area (Å²) in [6, 6.07) is 3.73. The lowest BCUT2D eigenvalue weighted by Gasteiger charge is -2.27. The lowest BCUT2D eigenvalue weighted by atomic mass is 10.1. The third kappa shape index (κ3) is 3.18. The van der Waals surface area contributed by atoms with E-state index >= 15 is 0 Å². The highest BCUT2D eigenvalue weighted by atomic mass is 35.5. The first-order valence-corrected chi connectivity index (χ1v) is 6.43. The Kier molecular flexibility index (Phi) is 4.37. The largest absolute Gasteiger partial charge is 0.314 e. The van der Waals surface area contributed by atoms with Gasteiger partial charge in [-0.3, -0.25) is 0 Å². The van der Waals surface area contributed by atoms with Gasteiger partial charge in [0.25, 0.3) is 0 Å². The first kappa shape index (κ1) is 12.8. The van der Waals surface area contributed by atoms with Crippen molar-refractivity contribution in [3.8, 4) is 0 Å². The summed E-state index contributed by atoms with van der Waals surface area (Å²) in [5.74, 6) is -0.274. The summed E-state index contributed by atoms with van der Waals surface area (Å²) < 4.78 is 13.6. The predicted molar refractivity (Wildman–Crippen MR) is 69.2 cm³/mol. The Hall–Kier alpha value is -0.640. The second-order valence-electron chi connectivity index (χ2n) is 4.51. The molecule has 1 N–H and O–H groups in total. The Labute approximate surface area is 107 Å². The third-order valence-electron chi connectivity index (χ3n) is 3.26. The van der Waals surface area contributed by atoms with Crippen LogP contribution in [0.5, 0.6) is 0 Å². The molecule has 1 heterocycles. The van der Waals surface area contributed by atoms with Gasteiger partial charge in [0.15, 0.2) is 0 Å². The van der Waals surface area contributed by atoms with Crippen molar-refractivity contribution in [3.05, 3.63) is 34.1 Å². The fourth-order valence-corrected chi connectivity index (χ4v) is 2.40. The average Bonchev–Trinajstić information content (AvgIpc) is 2.36. The second kappa shape index (κ2) is 5.80. The molecule has 0 saturated carbocycles. The number of nitrogens with zero attached hydrogens (tertiary/aromatic N) is 1. The van der Waals surface area contributed by atoms with Crippen molar-refractivity contribution in [2.75, 3.05) is 32.7 Å². The van der Waals surface area contributed by atoms with Crippen molar-refractivity contribution < 1.29 is 4.39 Å². The lowest BCUT2D eigenvalue weighted by molar-refractivity contribution is 0.244. The summed E-state index contributed by atoms with van der Waals surface area (Å²) in [5.41, 5.74) is 1.52. The zero-order valence-electron chi connectivity index (χ0n) is 10.1. The van der Waals surface area contributed by atoms with Crippen LogP contribution in [0.25, 0.3) is 0 Å². The predicted octanol–water partition coefficient (Wildman–Crippen LogP) is 2.24. The van der Waals surface area contributed by atoms with E-state index in [1.54, 1.807) is 13.0 Å². The third-order valence-corrected chi connectivity index (χ3v) is 3.67. The van der Waals surface area contributed by atoms with Gasteiger partial charge < -0.3 is 10.2 Å². The Bertz CT molecular complexity index is 389. The molecule has 0 aromatic heterocycles. The summed E-state index contributed by atoms with van der Waals surface area (Å²) in [5, 5.41) is 3.60. The molecule has 0 radical (unpaired) electrons. The van der Waals surface area contributed by atoms with Gasteiger partial charge in [0.2, 0.25) is 0 Å². The molecule has 17 heavy (non-hydrogen) atoms. The van der Waals surface area contributed by atoms with Gasteiger partial charge in [0.1, 0.15) is 5.82 Å². The van der Waals surface area contributed by atoms with Gasteiger partial charge in [0.05, 0.1) is 5.02 Å². The molecule has 1 aliphatic heterocycles. The van der Waals surface area contributed by atoms with Crippen LogP contribution in [0.15, 0.2) is 12.1 Å². The fourth-order valence-electron chi connectivity index (χ4n) is 2.09. The monoisotopic (exact) mass is 256 g/mol. The molecular weight excluding hydrogens is 239 g/mol. The minimum absolute atomic E-state index is 0.274. The first-order chi connectivity index (χ1) is 8.18. The van der Waals surface area contributed by atoms with E-state index in [1.807, 2.05) is 6.07 Å². The van der Waals surface area contributed by atoms with E-state index in [1.165, 1.54) is 0 Å². The minimum atomic E-state index is -0.274. The highest BCUT2D eigenvalue weighted by Crippen LogP contribution is 2.23. The van der Waals surface area contributed by atoms with E-state index < -0.39 is 0 Å². The molecule has 1 aromatic rings. The molecule has 0 amide bonds. The minimum Gasteiger partial charge on any atom is -0.314 e. The number of hydrogen-bond acceptors (Lipinski definition) is 2. The van der Waals surface area contributed by atoms with Crippen molar-refractivity contribution in [2.45, 2.75) is 13.3 Å². The SMILES string of the molecule is Cc1ccc(CCN2CCNCC2)c(Cl)c1F. The summed E-state index contributed by atoms with van der Waals surface area (Å²) in [6.07, 6.45) is 0.816. The van der Waals surface area contributed by atoms with E-state index in [2.05, 4.69) is 10.2 Å². The van der Waals surface area contributed by atoms with E-state index in [-0.39, 0.29) is 5.82 Å². The van der Waals surface area contributed by atoms with Crippen LogP contribution in [-0.4, -0.2) is 37.6 Å². The molecule has 1 aromatic carbocycles. The number of aryl methyl sites for hydroxylation is 1. The van der Waals surface area contributed by atoms with E-state index in [0.717, 1.165) is 44.7 Å². The molecule has 94 valence electrons. The Morgan fingerprint density at radius 3 is 2.76 bits per heavy atom. The summed E-state index contributed by atoms with van der Waals surface area (Å²) in [7, 11) is 0. The molecular formula is C13H18ClFN2. The van der Waals surface area contributed by atoms with Crippen molar-refractivity contribution in [1.29, 1.82) is 0 Å². The highest BCUT2D eigenvalue weighted by molar-refractivity contribution is 6.31.